The predicted octanol–water partition coefficient (Wildman–Crippen LogP) is 2.76. The van der Waals surface area contributed by atoms with Crippen LogP contribution in [0.4, 0.5) is 4.39 Å². The van der Waals surface area contributed by atoms with Gasteiger partial charge >= 0.3 is 13.1 Å². The van der Waals surface area contributed by atoms with Crippen molar-refractivity contribution in [1.82, 2.24) is 0 Å². The van der Waals surface area contributed by atoms with Gasteiger partial charge < -0.3 is 29.8 Å². The molecule has 9 atom stereocenters. The number of ether oxygens (including phenoxy) is 1. The summed E-state index contributed by atoms with van der Waals surface area (Å²) in [4.78, 5) is 26.6. The van der Waals surface area contributed by atoms with Gasteiger partial charge in [0.25, 0.3) is 0 Å². The Hall–Kier alpha value is -2.50. The number of fused-ring (bicyclic) bond motifs is 1. The number of benzene rings is 1. The highest BCUT2D eigenvalue weighted by Gasteiger charge is 2.69. The lowest BCUT2D eigenvalue weighted by molar-refractivity contribution is -0.191. The molecule has 3 aliphatic carbocycles. The standard InChI is InChI=1S/C28H37BFNO8/c1-14-7-9-28-10-8-18(32)23(28)27(14,4)17(11-26(3,13-31-37)24(33)15(28)2)22(25(34)35)39-19-6-5-16-12-38-29(36)20(16)21(19)30/h5-6,13-15,17,22-24,33,36-37H,7-12H2,1-4H3,(H,34,35)/b31-13-/t14-,15+,17+,22?,23+,24+,26+,27-,28+/m1/s1. The predicted molar refractivity (Wildman–Crippen MR) is 139 cm³/mol. The number of carbonyl (C=O) groups is 2. The number of nitrogens with zero attached hydrogens (tertiary/aromatic N) is 1. The first-order valence-electron chi connectivity index (χ1n) is 13.7. The lowest BCUT2D eigenvalue weighted by Gasteiger charge is -2.62. The highest BCUT2D eigenvalue weighted by Crippen LogP contribution is 2.69. The summed E-state index contributed by atoms with van der Waals surface area (Å²) in [5.41, 5.74) is -2.21. The van der Waals surface area contributed by atoms with Crippen LogP contribution in [-0.4, -0.2) is 57.7 Å². The number of ketones is 1. The molecule has 1 aromatic carbocycles. The maximum absolute atomic E-state index is 15.5. The maximum atomic E-state index is 15.5. The molecule has 5 rings (SSSR count). The molecule has 212 valence electrons. The molecule has 9 nitrogen and oxygen atoms in total. The SMILES string of the molecule is C[C@@H]1CC[C@@]23CCC(=O)[C@H]2[C@@]1(C)[C@H](C(Oc1ccc2c(c1F)B(O)OC2)C(=O)O)C[C@@](C)(/C=N\O)[C@@H](O)[C@@H]3C. The molecule has 0 saturated heterocycles. The van der Waals surface area contributed by atoms with Crippen molar-refractivity contribution >= 4 is 30.5 Å². The Kier molecular flexibility index (Phi) is 6.87. The summed E-state index contributed by atoms with van der Waals surface area (Å²) in [5.74, 6) is -4.28. The van der Waals surface area contributed by atoms with Crippen LogP contribution >= 0.6 is 0 Å². The average Bonchev–Trinajstić information content (AvgIpc) is 3.44. The van der Waals surface area contributed by atoms with Crippen LogP contribution in [0.25, 0.3) is 0 Å². The van der Waals surface area contributed by atoms with E-state index in [1.54, 1.807) is 6.92 Å². The van der Waals surface area contributed by atoms with E-state index in [-0.39, 0.29) is 41.9 Å². The molecule has 3 saturated carbocycles. The first-order valence-corrected chi connectivity index (χ1v) is 13.7. The quantitative estimate of drug-likeness (QED) is 0.191. The number of hydrogen-bond donors (Lipinski definition) is 4. The van der Waals surface area contributed by atoms with Crippen LogP contribution in [0.1, 0.15) is 65.4 Å². The topological polar surface area (TPSA) is 146 Å². The van der Waals surface area contributed by atoms with E-state index in [0.29, 0.717) is 24.8 Å². The minimum Gasteiger partial charge on any atom is -0.478 e. The molecule has 0 radical (unpaired) electrons. The Balaban J connectivity index is 1.68. The van der Waals surface area contributed by atoms with E-state index in [2.05, 4.69) is 5.16 Å². The molecule has 4 N–H and O–H groups in total. The molecule has 1 unspecified atom stereocenters. The third-order valence-corrected chi connectivity index (χ3v) is 11.1. The molecule has 39 heavy (non-hydrogen) atoms. The van der Waals surface area contributed by atoms with Crippen LogP contribution < -0.4 is 10.2 Å². The smallest absolute Gasteiger partial charge is 0.478 e. The van der Waals surface area contributed by atoms with Crippen LogP contribution in [0.3, 0.4) is 0 Å². The van der Waals surface area contributed by atoms with Gasteiger partial charge in [0.15, 0.2) is 17.7 Å². The van der Waals surface area contributed by atoms with Crippen LogP contribution in [0.5, 0.6) is 5.75 Å². The Bertz CT molecular complexity index is 1210. The Labute approximate surface area is 227 Å². The fourth-order valence-electron chi connectivity index (χ4n) is 8.76. The minimum atomic E-state index is -1.60. The largest absolute Gasteiger partial charge is 0.494 e. The number of carboxylic acid groups (broad SMARTS) is 1. The zero-order valence-electron chi connectivity index (χ0n) is 22.8. The summed E-state index contributed by atoms with van der Waals surface area (Å²) in [5, 5.41) is 45.2. The van der Waals surface area contributed by atoms with Crippen molar-refractivity contribution in [2.24, 2.45) is 45.1 Å². The van der Waals surface area contributed by atoms with E-state index in [4.69, 9.17) is 9.39 Å². The summed E-state index contributed by atoms with van der Waals surface area (Å²) in [7, 11) is -1.48. The Morgan fingerprint density at radius 2 is 2.03 bits per heavy atom. The first kappa shape index (κ1) is 28.0. The van der Waals surface area contributed by atoms with Gasteiger partial charge in [-0.15, -0.1) is 5.16 Å². The molecule has 1 aromatic rings. The van der Waals surface area contributed by atoms with E-state index in [1.807, 2.05) is 20.8 Å². The second-order valence-electron chi connectivity index (χ2n) is 12.7. The molecule has 1 heterocycles. The number of hydrogen-bond acceptors (Lipinski definition) is 8. The van der Waals surface area contributed by atoms with Crippen molar-refractivity contribution in [1.29, 1.82) is 0 Å². The highest BCUT2D eigenvalue weighted by molar-refractivity contribution is 6.61. The van der Waals surface area contributed by atoms with Gasteiger partial charge in [0.1, 0.15) is 5.78 Å². The number of carbonyl (C=O) groups excluding carboxylic acids is 1. The second kappa shape index (κ2) is 9.56. The van der Waals surface area contributed by atoms with Gasteiger partial charge in [-0.25, -0.2) is 9.18 Å². The summed E-state index contributed by atoms with van der Waals surface area (Å²) < 4.78 is 26.7. The Morgan fingerprint density at radius 3 is 2.69 bits per heavy atom. The van der Waals surface area contributed by atoms with Gasteiger partial charge in [0.05, 0.1) is 18.9 Å². The average molecular weight is 545 g/mol. The van der Waals surface area contributed by atoms with E-state index >= 15 is 4.39 Å². The third kappa shape index (κ3) is 3.95. The number of aliphatic carboxylic acids is 1. The zero-order valence-corrected chi connectivity index (χ0v) is 22.8. The van der Waals surface area contributed by atoms with E-state index < -0.39 is 59.2 Å². The van der Waals surface area contributed by atoms with E-state index in [1.165, 1.54) is 18.3 Å². The van der Waals surface area contributed by atoms with E-state index in [9.17, 15) is 30.0 Å². The molecule has 4 aliphatic rings. The number of Topliss-reactive ketones (excluding diaryl/α,β-unsaturated/α-hetero) is 1. The molecular formula is C28H37BFNO8. The van der Waals surface area contributed by atoms with Crippen LogP contribution in [0.15, 0.2) is 17.3 Å². The second-order valence-corrected chi connectivity index (χ2v) is 12.7. The van der Waals surface area contributed by atoms with Crippen molar-refractivity contribution in [3.63, 3.8) is 0 Å². The molecule has 3 fully saturated rings. The van der Waals surface area contributed by atoms with Crippen molar-refractivity contribution in [2.75, 3.05) is 0 Å². The summed E-state index contributed by atoms with van der Waals surface area (Å²) in [6.07, 6.45) is 1.04. The highest BCUT2D eigenvalue weighted by atomic mass is 19.1. The van der Waals surface area contributed by atoms with Crippen molar-refractivity contribution < 1.29 is 43.8 Å². The first-order chi connectivity index (χ1) is 18.3. The lowest BCUT2D eigenvalue weighted by atomic mass is 9.41. The summed E-state index contributed by atoms with van der Waals surface area (Å²) in [6.45, 7) is 7.65. The van der Waals surface area contributed by atoms with Gasteiger partial charge in [0.2, 0.25) is 0 Å². The van der Waals surface area contributed by atoms with Gasteiger partial charge in [-0.05, 0) is 60.0 Å². The lowest BCUT2D eigenvalue weighted by Crippen LogP contribution is -2.64. The van der Waals surface area contributed by atoms with Crippen LogP contribution in [0, 0.1) is 45.7 Å². The number of carboxylic acids is 1. The van der Waals surface area contributed by atoms with Crippen molar-refractivity contribution in [3.8, 4) is 5.75 Å². The van der Waals surface area contributed by atoms with E-state index in [0.717, 1.165) is 6.42 Å². The number of aliphatic hydroxyl groups is 1. The number of rotatable bonds is 5. The van der Waals surface area contributed by atoms with Gasteiger partial charge in [-0.2, -0.15) is 0 Å². The normalized spacial score (nSPS) is 40.6. The molecule has 11 heteroatoms. The fourth-order valence-corrected chi connectivity index (χ4v) is 8.76. The molecule has 0 aromatic heterocycles. The summed E-state index contributed by atoms with van der Waals surface area (Å²) >= 11 is 0. The molecular weight excluding hydrogens is 508 g/mol. The molecule has 2 bridgehead atoms. The number of aliphatic hydroxyl groups excluding tert-OH is 1. The van der Waals surface area contributed by atoms with Crippen molar-refractivity contribution in [3.05, 3.63) is 23.5 Å². The van der Waals surface area contributed by atoms with Gasteiger partial charge in [-0.1, -0.05) is 33.8 Å². The molecule has 0 spiro atoms. The van der Waals surface area contributed by atoms with Gasteiger partial charge in [-0.3, -0.25) is 4.79 Å². The molecule has 0 amide bonds. The fraction of sp³-hybridized carbons (Fsp3) is 0.679. The molecule has 1 aliphatic heterocycles. The van der Waals surface area contributed by atoms with Crippen LogP contribution in [-0.2, 0) is 20.9 Å². The Morgan fingerprint density at radius 1 is 1.31 bits per heavy atom. The third-order valence-electron chi connectivity index (χ3n) is 11.1. The maximum Gasteiger partial charge on any atom is 0.494 e. The summed E-state index contributed by atoms with van der Waals surface area (Å²) in [6, 6.07) is 2.86. The van der Waals surface area contributed by atoms with Crippen LogP contribution in [0.2, 0.25) is 0 Å². The zero-order chi connectivity index (χ0) is 28.5. The number of halogens is 1. The minimum absolute atomic E-state index is 0.0229. The number of oxime groups is 1. The van der Waals surface area contributed by atoms with Gasteiger partial charge in [0, 0.05) is 29.1 Å². The van der Waals surface area contributed by atoms with Crippen molar-refractivity contribution in [2.45, 2.75) is 78.6 Å². The monoisotopic (exact) mass is 545 g/mol.